The molecule has 17 heavy (non-hydrogen) atoms. The van der Waals surface area contributed by atoms with Gasteiger partial charge in [-0.15, -0.1) is 0 Å². The first-order valence-corrected chi connectivity index (χ1v) is 6.73. The highest BCUT2D eigenvalue weighted by Gasteiger charge is 1.94. The van der Waals surface area contributed by atoms with Crippen LogP contribution in [-0.2, 0) is 4.79 Å². The smallest absolute Gasteiger partial charge is 0.186 e. The van der Waals surface area contributed by atoms with Gasteiger partial charge in [0.05, 0.1) is 6.61 Å². The maximum absolute atomic E-state index is 10.7. The molecule has 0 radical (unpaired) electrons. The van der Waals surface area contributed by atoms with E-state index in [-0.39, 0.29) is 5.12 Å². The van der Waals surface area contributed by atoms with Gasteiger partial charge in [-0.05, 0) is 24.1 Å². The summed E-state index contributed by atoms with van der Waals surface area (Å²) in [5.41, 5.74) is 1.10. The SMILES string of the molecule is CCCOc1cccc(C=CCSC(C)=O)c1. The third-order valence-corrected chi connectivity index (χ3v) is 2.79. The van der Waals surface area contributed by atoms with E-state index in [1.54, 1.807) is 6.92 Å². The first-order valence-electron chi connectivity index (χ1n) is 5.75. The zero-order valence-electron chi connectivity index (χ0n) is 10.3. The van der Waals surface area contributed by atoms with Gasteiger partial charge >= 0.3 is 0 Å². The predicted molar refractivity (Wildman–Crippen MR) is 74.4 cm³/mol. The van der Waals surface area contributed by atoms with Gasteiger partial charge in [0, 0.05) is 12.7 Å². The van der Waals surface area contributed by atoms with Crippen LogP contribution in [0.25, 0.3) is 6.08 Å². The van der Waals surface area contributed by atoms with Crippen molar-refractivity contribution in [3.05, 3.63) is 35.9 Å². The van der Waals surface area contributed by atoms with Crippen LogP contribution in [0.2, 0.25) is 0 Å². The number of hydrogen-bond acceptors (Lipinski definition) is 3. The molecule has 1 aromatic carbocycles. The fraction of sp³-hybridized carbons (Fsp3) is 0.357. The van der Waals surface area contributed by atoms with Crippen molar-refractivity contribution in [3.8, 4) is 5.75 Å². The third-order valence-electron chi connectivity index (χ3n) is 2.02. The minimum Gasteiger partial charge on any atom is -0.494 e. The number of carbonyl (C=O) groups excluding carboxylic acids is 1. The quantitative estimate of drug-likeness (QED) is 0.768. The summed E-state index contributed by atoms with van der Waals surface area (Å²) in [4.78, 5) is 10.7. The lowest BCUT2D eigenvalue weighted by molar-refractivity contribution is -0.109. The Morgan fingerprint density at radius 2 is 2.29 bits per heavy atom. The van der Waals surface area contributed by atoms with E-state index in [9.17, 15) is 4.79 Å². The summed E-state index contributed by atoms with van der Waals surface area (Å²) in [5.74, 6) is 1.61. The van der Waals surface area contributed by atoms with E-state index in [0.717, 1.165) is 30.1 Å². The molecule has 1 aromatic rings. The first-order chi connectivity index (χ1) is 8.22. The summed E-state index contributed by atoms with van der Waals surface area (Å²) in [6.07, 6.45) is 5.01. The number of rotatable bonds is 6. The minimum absolute atomic E-state index is 0.148. The molecule has 0 unspecified atom stereocenters. The molecule has 0 aliphatic rings. The molecule has 0 N–H and O–H groups in total. The molecule has 0 saturated carbocycles. The lowest BCUT2D eigenvalue weighted by Crippen LogP contribution is -1.94. The van der Waals surface area contributed by atoms with Crippen molar-refractivity contribution in [2.24, 2.45) is 0 Å². The monoisotopic (exact) mass is 250 g/mol. The van der Waals surface area contributed by atoms with Crippen molar-refractivity contribution in [1.82, 2.24) is 0 Å². The molecule has 1 rings (SSSR count). The van der Waals surface area contributed by atoms with E-state index in [1.165, 1.54) is 11.8 Å². The molecule has 0 fully saturated rings. The third kappa shape index (κ3) is 6.17. The van der Waals surface area contributed by atoms with Crippen molar-refractivity contribution in [2.45, 2.75) is 20.3 Å². The van der Waals surface area contributed by atoms with Crippen LogP contribution in [-0.4, -0.2) is 17.5 Å². The molecular weight excluding hydrogens is 232 g/mol. The van der Waals surface area contributed by atoms with Crippen LogP contribution < -0.4 is 4.74 Å². The second kappa shape index (κ2) is 7.96. The Morgan fingerprint density at radius 3 is 3.00 bits per heavy atom. The highest BCUT2D eigenvalue weighted by Crippen LogP contribution is 2.15. The number of benzene rings is 1. The van der Waals surface area contributed by atoms with E-state index in [4.69, 9.17) is 4.74 Å². The van der Waals surface area contributed by atoms with Crippen LogP contribution in [0, 0.1) is 0 Å². The second-order valence-corrected chi connectivity index (χ2v) is 4.82. The van der Waals surface area contributed by atoms with Gasteiger partial charge in [-0.3, -0.25) is 4.79 Å². The largest absolute Gasteiger partial charge is 0.494 e. The number of thioether (sulfide) groups is 1. The fourth-order valence-electron chi connectivity index (χ4n) is 1.28. The molecule has 0 bridgehead atoms. The summed E-state index contributed by atoms with van der Waals surface area (Å²) in [6.45, 7) is 4.41. The molecule has 2 nitrogen and oxygen atoms in total. The summed E-state index contributed by atoms with van der Waals surface area (Å²) in [5, 5.41) is 0.148. The van der Waals surface area contributed by atoms with E-state index in [0.29, 0.717) is 0 Å². The molecule has 0 heterocycles. The lowest BCUT2D eigenvalue weighted by atomic mass is 10.2. The number of ether oxygens (including phenoxy) is 1. The maximum Gasteiger partial charge on any atom is 0.186 e. The normalized spacial score (nSPS) is 10.7. The molecule has 0 aliphatic heterocycles. The summed E-state index contributed by atoms with van der Waals surface area (Å²) >= 11 is 1.31. The fourth-order valence-corrected chi connectivity index (χ4v) is 1.70. The lowest BCUT2D eigenvalue weighted by Gasteiger charge is -2.04. The Bertz CT molecular complexity index is 386. The highest BCUT2D eigenvalue weighted by atomic mass is 32.2. The van der Waals surface area contributed by atoms with Crippen molar-refractivity contribution < 1.29 is 9.53 Å². The highest BCUT2D eigenvalue weighted by molar-refractivity contribution is 8.13. The van der Waals surface area contributed by atoms with Crippen LogP contribution in [0.15, 0.2) is 30.3 Å². The molecular formula is C14H18O2S. The summed E-state index contributed by atoms with van der Waals surface area (Å²) in [7, 11) is 0. The van der Waals surface area contributed by atoms with Crippen molar-refractivity contribution in [3.63, 3.8) is 0 Å². The first kappa shape index (κ1) is 13.8. The van der Waals surface area contributed by atoms with E-state index in [2.05, 4.69) is 6.92 Å². The second-order valence-electron chi connectivity index (χ2n) is 3.63. The summed E-state index contributed by atoms with van der Waals surface area (Å²) in [6, 6.07) is 7.96. The Morgan fingerprint density at radius 1 is 1.47 bits per heavy atom. The molecule has 0 atom stereocenters. The van der Waals surface area contributed by atoms with Gasteiger partial charge in [-0.1, -0.05) is 43.0 Å². The van der Waals surface area contributed by atoms with E-state index in [1.807, 2.05) is 36.4 Å². The van der Waals surface area contributed by atoms with Crippen molar-refractivity contribution in [1.29, 1.82) is 0 Å². The van der Waals surface area contributed by atoms with E-state index < -0.39 is 0 Å². The van der Waals surface area contributed by atoms with Crippen molar-refractivity contribution in [2.75, 3.05) is 12.4 Å². The Balaban J connectivity index is 2.50. The number of hydrogen-bond donors (Lipinski definition) is 0. The molecule has 0 spiro atoms. The Hall–Kier alpha value is -1.22. The molecule has 3 heteroatoms. The average Bonchev–Trinajstić information content (AvgIpc) is 2.32. The standard InChI is InChI=1S/C14H18O2S/c1-3-9-16-14-8-4-6-13(11-14)7-5-10-17-12(2)15/h4-8,11H,3,9-10H2,1-2H3. The average molecular weight is 250 g/mol. The van der Waals surface area contributed by atoms with Crippen LogP contribution >= 0.6 is 11.8 Å². The maximum atomic E-state index is 10.7. The Kier molecular flexibility index (Phi) is 6.48. The van der Waals surface area contributed by atoms with Crippen molar-refractivity contribution >= 4 is 23.0 Å². The molecule has 0 saturated heterocycles. The van der Waals surface area contributed by atoms with Gasteiger partial charge in [0.1, 0.15) is 5.75 Å². The summed E-state index contributed by atoms with van der Waals surface area (Å²) < 4.78 is 5.55. The zero-order chi connectivity index (χ0) is 12.5. The zero-order valence-corrected chi connectivity index (χ0v) is 11.1. The van der Waals surface area contributed by atoms with Crippen LogP contribution in [0.3, 0.4) is 0 Å². The van der Waals surface area contributed by atoms with Crippen LogP contribution in [0.5, 0.6) is 5.75 Å². The van der Waals surface area contributed by atoms with Gasteiger partial charge < -0.3 is 4.74 Å². The van der Waals surface area contributed by atoms with Crippen LogP contribution in [0.4, 0.5) is 0 Å². The topological polar surface area (TPSA) is 26.3 Å². The number of carbonyl (C=O) groups is 1. The van der Waals surface area contributed by atoms with Crippen LogP contribution in [0.1, 0.15) is 25.8 Å². The van der Waals surface area contributed by atoms with Gasteiger partial charge in [0.25, 0.3) is 0 Å². The predicted octanol–water partition coefficient (Wildman–Crippen LogP) is 3.77. The Labute approximate surface area is 107 Å². The molecule has 0 amide bonds. The van der Waals surface area contributed by atoms with Gasteiger partial charge in [0.15, 0.2) is 5.12 Å². The van der Waals surface area contributed by atoms with Gasteiger partial charge in [-0.2, -0.15) is 0 Å². The molecule has 0 aromatic heterocycles. The minimum atomic E-state index is 0.148. The molecule has 0 aliphatic carbocycles. The molecule has 92 valence electrons. The van der Waals surface area contributed by atoms with Gasteiger partial charge in [0.2, 0.25) is 0 Å². The van der Waals surface area contributed by atoms with Gasteiger partial charge in [-0.25, -0.2) is 0 Å². The van der Waals surface area contributed by atoms with E-state index >= 15 is 0 Å².